The third-order valence-electron chi connectivity index (χ3n) is 2.49. The standard InChI is InChI=1S/C13H8BrClF3N/c14-9-4-12(18)13(5-11(9)17)19-6-7-3-8(15)1-2-10(7)16/h1-5,19H,6H2. The number of nitrogens with one attached hydrogen (secondary N) is 1. The van der Waals surface area contributed by atoms with Crippen molar-refractivity contribution >= 4 is 33.2 Å². The summed E-state index contributed by atoms with van der Waals surface area (Å²) in [4.78, 5) is 0. The first-order valence-electron chi connectivity index (χ1n) is 5.29. The summed E-state index contributed by atoms with van der Waals surface area (Å²) < 4.78 is 40.3. The number of halogens is 5. The van der Waals surface area contributed by atoms with Crippen LogP contribution in [0.3, 0.4) is 0 Å². The van der Waals surface area contributed by atoms with Crippen LogP contribution in [0.5, 0.6) is 0 Å². The molecule has 19 heavy (non-hydrogen) atoms. The third-order valence-corrected chi connectivity index (χ3v) is 3.33. The molecule has 0 saturated heterocycles. The lowest BCUT2D eigenvalue weighted by Gasteiger charge is -2.09. The highest BCUT2D eigenvalue weighted by Gasteiger charge is 2.09. The van der Waals surface area contributed by atoms with Gasteiger partial charge in [0.05, 0.1) is 10.2 Å². The number of benzene rings is 2. The Labute approximate surface area is 121 Å². The molecule has 0 bridgehead atoms. The highest BCUT2D eigenvalue weighted by atomic mass is 79.9. The summed E-state index contributed by atoms with van der Waals surface area (Å²) in [6.45, 7) is 0.00435. The van der Waals surface area contributed by atoms with E-state index in [2.05, 4.69) is 21.2 Å². The second-order valence-corrected chi connectivity index (χ2v) is 5.13. The minimum atomic E-state index is -0.629. The molecule has 6 heteroatoms. The van der Waals surface area contributed by atoms with Crippen LogP contribution < -0.4 is 5.32 Å². The molecule has 2 rings (SSSR count). The Kier molecular flexibility index (Phi) is 4.37. The molecule has 0 amide bonds. The van der Waals surface area contributed by atoms with E-state index in [0.29, 0.717) is 5.02 Å². The van der Waals surface area contributed by atoms with Gasteiger partial charge in [-0.3, -0.25) is 0 Å². The maximum Gasteiger partial charge on any atom is 0.147 e. The first-order valence-corrected chi connectivity index (χ1v) is 6.47. The molecule has 2 aromatic rings. The number of rotatable bonds is 3. The van der Waals surface area contributed by atoms with Crippen molar-refractivity contribution in [2.75, 3.05) is 5.32 Å². The van der Waals surface area contributed by atoms with Crippen molar-refractivity contribution in [2.24, 2.45) is 0 Å². The van der Waals surface area contributed by atoms with Gasteiger partial charge < -0.3 is 5.32 Å². The van der Waals surface area contributed by atoms with E-state index in [4.69, 9.17) is 11.6 Å². The fourth-order valence-electron chi connectivity index (χ4n) is 1.53. The van der Waals surface area contributed by atoms with E-state index in [9.17, 15) is 13.2 Å². The molecular weight excluding hydrogens is 343 g/mol. The molecule has 0 fully saturated rings. The van der Waals surface area contributed by atoms with Gasteiger partial charge >= 0.3 is 0 Å². The van der Waals surface area contributed by atoms with Gasteiger partial charge in [0.1, 0.15) is 17.5 Å². The Morgan fingerprint density at radius 3 is 2.47 bits per heavy atom. The van der Waals surface area contributed by atoms with Gasteiger partial charge in [0.15, 0.2) is 0 Å². The fraction of sp³-hybridized carbons (Fsp3) is 0.0769. The van der Waals surface area contributed by atoms with Crippen molar-refractivity contribution in [3.63, 3.8) is 0 Å². The van der Waals surface area contributed by atoms with Crippen LogP contribution in [0, 0.1) is 17.5 Å². The number of anilines is 1. The zero-order chi connectivity index (χ0) is 14.0. The monoisotopic (exact) mass is 349 g/mol. The number of hydrogen-bond donors (Lipinski definition) is 1. The van der Waals surface area contributed by atoms with Gasteiger partial charge in [0, 0.05) is 23.2 Å². The van der Waals surface area contributed by atoms with Crippen molar-refractivity contribution < 1.29 is 13.2 Å². The highest BCUT2D eigenvalue weighted by Crippen LogP contribution is 2.24. The van der Waals surface area contributed by atoms with Gasteiger partial charge in [0.2, 0.25) is 0 Å². The van der Waals surface area contributed by atoms with Gasteiger partial charge in [0.25, 0.3) is 0 Å². The lowest BCUT2D eigenvalue weighted by Crippen LogP contribution is -2.04. The van der Waals surface area contributed by atoms with E-state index in [1.54, 1.807) is 0 Å². The molecule has 100 valence electrons. The number of hydrogen-bond acceptors (Lipinski definition) is 1. The SMILES string of the molecule is Fc1cc(NCc2cc(Cl)ccc2F)c(F)cc1Br. The van der Waals surface area contributed by atoms with Crippen LogP contribution in [0.2, 0.25) is 5.02 Å². The Morgan fingerprint density at radius 2 is 1.74 bits per heavy atom. The van der Waals surface area contributed by atoms with Gasteiger partial charge in [-0.15, -0.1) is 0 Å². The molecule has 0 aliphatic rings. The molecule has 0 radical (unpaired) electrons. The topological polar surface area (TPSA) is 12.0 Å². The normalized spacial score (nSPS) is 10.6. The molecular formula is C13H8BrClF3N. The van der Waals surface area contributed by atoms with Gasteiger partial charge in [-0.2, -0.15) is 0 Å². The summed E-state index contributed by atoms with van der Waals surface area (Å²) in [5.41, 5.74) is 0.232. The van der Waals surface area contributed by atoms with Crippen LogP contribution in [-0.4, -0.2) is 0 Å². The van der Waals surface area contributed by atoms with Gasteiger partial charge in [-0.1, -0.05) is 11.6 Å². The van der Waals surface area contributed by atoms with E-state index in [1.165, 1.54) is 18.2 Å². The molecule has 0 aromatic heterocycles. The first-order chi connectivity index (χ1) is 8.97. The zero-order valence-electron chi connectivity index (χ0n) is 9.48. The van der Waals surface area contributed by atoms with Crippen LogP contribution in [0.15, 0.2) is 34.8 Å². The average Bonchev–Trinajstić information content (AvgIpc) is 2.36. The van der Waals surface area contributed by atoms with E-state index < -0.39 is 17.5 Å². The van der Waals surface area contributed by atoms with Crippen LogP contribution in [0.4, 0.5) is 18.9 Å². The first kappa shape index (κ1) is 14.2. The maximum atomic E-state index is 13.5. The molecule has 0 aliphatic carbocycles. The van der Waals surface area contributed by atoms with E-state index in [-0.39, 0.29) is 22.3 Å². The van der Waals surface area contributed by atoms with E-state index in [1.807, 2.05) is 0 Å². The van der Waals surface area contributed by atoms with Crippen LogP contribution in [-0.2, 0) is 6.54 Å². The molecule has 2 aromatic carbocycles. The van der Waals surface area contributed by atoms with E-state index >= 15 is 0 Å². The summed E-state index contributed by atoms with van der Waals surface area (Å²) in [7, 11) is 0. The largest absolute Gasteiger partial charge is 0.378 e. The molecule has 0 saturated carbocycles. The van der Waals surface area contributed by atoms with Crippen molar-refractivity contribution in [3.05, 3.63) is 62.8 Å². The molecule has 0 aliphatic heterocycles. The molecule has 0 heterocycles. The summed E-state index contributed by atoms with van der Waals surface area (Å²) in [5, 5.41) is 3.01. The summed E-state index contributed by atoms with van der Waals surface area (Å²) in [6.07, 6.45) is 0. The Balaban J connectivity index is 2.19. The maximum absolute atomic E-state index is 13.5. The van der Waals surface area contributed by atoms with Crippen LogP contribution in [0.25, 0.3) is 0 Å². The Hall–Kier alpha value is -1.20. The predicted molar refractivity (Wildman–Crippen MR) is 72.8 cm³/mol. The molecule has 1 N–H and O–H groups in total. The van der Waals surface area contributed by atoms with Crippen molar-refractivity contribution in [1.29, 1.82) is 0 Å². The highest BCUT2D eigenvalue weighted by molar-refractivity contribution is 9.10. The predicted octanol–water partition coefficient (Wildman–Crippen LogP) is 5.13. The summed E-state index contributed by atoms with van der Waals surface area (Å²) in [5.74, 6) is -1.69. The lowest BCUT2D eigenvalue weighted by molar-refractivity contribution is 0.594. The second kappa shape index (κ2) is 5.84. The van der Waals surface area contributed by atoms with Crippen LogP contribution >= 0.6 is 27.5 Å². The lowest BCUT2D eigenvalue weighted by atomic mass is 10.2. The van der Waals surface area contributed by atoms with E-state index in [0.717, 1.165) is 12.1 Å². The summed E-state index contributed by atoms with van der Waals surface area (Å²) >= 11 is 8.62. The molecule has 0 unspecified atom stereocenters. The fourth-order valence-corrected chi connectivity index (χ4v) is 2.04. The minimum absolute atomic E-state index is 0.00435. The van der Waals surface area contributed by atoms with Gasteiger partial charge in [-0.05, 0) is 40.2 Å². The third kappa shape index (κ3) is 3.42. The molecule has 0 atom stereocenters. The van der Waals surface area contributed by atoms with Crippen molar-refractivity contribution in [1.82, 2.24) is 0 Å². The smallest absolute Gasteiger partial charge is 0.147 e. The Bertz CT molecular complexity index is 619. The minimum Gasteiger partial charge on any atom is -0.378 e. The molecule has 1 nitrogen and oxygen atoms in total. The van der Waals surface area contributed by atoms with Gasteiger partial charge in [-0.25, -0.2) is 13.2 Å². The quantitative estimate of drug-likeness (QED) is 0.757. The van der Waals surface area contributed by atoms with Crippen LogP contribution in [0.1, 0.15) is 5.56 Å². The Morgan fingerprint density at radius 1 is 1.00 bits per heavy atom. The van der Waals surface area contributed by atoms with Crippen molar-refractivity contribution in [3.8, 4) is 0 Å². The zero-order valence-corrected chi connectivity index (χ0v) is 11.8. The van der Waals surface area contributed by atoms with Crippen molar-refractivity contribution in [2.45, 2.75) is 6.54 Å². The summed E-state index contributed by atoms with van der Waals surface area (Å²) in [6, 6.07) is 6.07. The second-order valence-electron chi connectivity index (χ2n) is 3.84. The molecule has 0 spiro atoms. The average molecular weight is 351 g/mol.